The van der Waals surface area contributed by atoms with Crippen molar-refractivity contribution in [1.29, 1.82) is 0 Å². The number of rotatable bonds is 7. The van der Waals surface area contributed by atoms with Gasteiger partial charge in [0.05, 0.1) is 23.0 Å². The van der Waals surface area contributed by atoms with Crippen LogP contribution < -0.4 is 9.46 Å². The van der Waals surface area contributed by atoms with Crippen molar-refractivity contribution in [3.8, 4) is 5.75 Å². The molecule has 2 rings (SSSR count). The number of para-hydroxylation sites is 2. The minimum atomic E-state index is -3.72. The van der Waals surface area contributed by atoms with Gasteiger partial charge >= 0.3 is 0 Å². The van der Waals surface area contributed by atoms with Gasteiger partial charge in [0.15, 0.2) is 0 Å². The van der Waals surface area contributed by atoms with Crippen molar-refractivity contribution in [2.75, 3.05) is 11.3 Å². The Morgan fingerprint density at radius 2 is 1.91 bits per heavy atom. The van der Waals surface area contributed by atoms with Crippen LogP contribution in [0.3, 0.4) is 0 Å². The van der Waals surface area contributed by atoms with Crippen molar-refractivity contribution < 1.29 is 18.1 Å². The van der Waals surface area contributed by atoms with Gasteiger partial charge in [-0.2, -0.15) is 0 Å². The fourth-order valence-electron chi connectivity index (χ4n) is 2.02. The Labute approximate surface area is 134 Å². The lowest BCUT2D eigenvalue weighted by Crippen LogP contribution is -2.16. The lowest BCUT2D eigenvalue weighted by atomic mass is 10.2. The first kappa shape index (κ1) is 16.8. The molecule has 0 aliphatic carbocycles. The summed E-state index contributed by atoms with van der Waals surface area (Å²) in [7, 11) is -3.72. The van der Waals surface area contributed by atoms with E-state index in [2.05, 4.69) is 4.72 Å². The molecule has 0 amide bonds. The summed E-state index contributed by atoms with van der Waals surface area (Å²) in [5.41, 5.74) is 0.521. The van der Waals surface area contributed by atoms with Crippen LogP contribution in [0.5, 0.6) is 5.75 Å². The summed E-state index contributed by atoms with van der Waals surface area (Å²) in [4.78, 5) is 10.2. The number of hydrogen-bond donors (Lipinski definition) is 1. The predicted molar refractivity (Wildman–Crippen MR) is 87.0 cm³/mol. The van der Waals surface area contributed by atoms with Gasteiger partial charge in [-0.15, -0.1) is 0 Å². The molecule has 0 unspecified atom stereocenters. The zero-order valence-electron chi connectivity index (χ0n) is 12.4. The molecule has 0 saturated carbocycles. The summed E-state index contributed by atoms with van der Waals surface area (Å²) >= 11 is 0. The van der Waals surface area contributed by atoms with Gasteiger partial charge in [0.25, 0.3) is 5.69 Å². The predicted octanol–water partition coefficient (Wildman–Crippen LogP) is 2.94. The van der Waals surface area contributed by atoms with Crippen molar-refractivity contribution in [2.24, 2.45) is 0 Å². The molecule has 0 radical (unpaired) electrons. The Balaban J connectivity index is 2.20. The van der Waals surface area contributed by atoms with E-state index in [1.54, 1.807) is 31.2 Å². The average Bonchev–Trinajstić information content (AvgIpc) is 2.49. The molecular weight excluding hydrogens is 320 g/mol. The molecule has 0 fully saturated rings. The quantitative estimate of drug-likeness (QED) is 0.619. The fraction of sp³-hybridized carbons (Fsp3) is 0.200. The molecule has 0 heterocycles. The average molecular weight is 336 g/mol. The summed E-state index contributed by atoms with van der Waals surface area (Å²) in [6, 6.07) is 12.2. The Morgan fingerprint density at radius 1 is 1.17 bits per heavy atom. The summed E-state index contributed by atoms with van der Waals surface area (Å²) < 4.78 is 32.4. The highest BCUT2D eigenvalue weighted by molar-refractivity contribution is 7.91. The number of nitro benzene ring substituents is 1. The number of ether oxygens (including phenoxy) is 1. The van der Waals surface area contributed by atoms with Gasteiger partial charge in [0, 0.05) is 12.1 Å². The first-order valence-corrected chi connectivity index (χ1v) is 8.52. The topological polar surface area (TPSA) is 98.5 Å². The number of nitrogens with one attached hydrogen (secondary N) is 1. The third kappa shape index (κ3) is 4.68. The van der Waals surface area contributed by atoms with Gasteiger partial charge in [-0.25, -0.2) is 8.42 Å². The molecule has 0 bridgehead atoms. The normalized spacial score (nSPS) is 11.0. The van der Waals surface area contributed by atoms with Crippen LogP contribution >= 0.6 is 0 Å². The second-order valence-corrected chi connectivity index (χ2v) is 6.44. The van der Waals surface area contributed by atoms with E-state index in [9.17, 15) is 18.5 Å². The number of nitro groups is 1. The Hall–Kier alpha value is -2.61. The molecule has 7 nitrogen and oxygen atoms in total. The van der Waals surface area contributed by atoms with Gasteiger partial charge in [-0.3, -0.25) is 14.8 Å². The minimum Gasteiger partial charge on any atom is -0.492 e. The van der Waals surface area contributed by atoms with Crippen LogP contribution in [-0.4, -0.2) is 19.9 Å². The zero-order valence-corrected chi connectivity index (χ0v) is 13.2. The number of non-ortho nitro benzene ring substituents is 1. The highest BCUT2D eigenvalue weighted by Crippen LogP contribution is 2.25. The number of nitrogens with zero attached hydrogens (tertiary/aromatic N) is 1. The Morgan fingerprint density at radius 3 is 2.61 bits per heavy atom. The SMILES string of the molecule is CCOc1ccccc1NS(=O)(=O)Cc1cccc([N+](=O)[O-])c1. The summed E-state index contributed by atoms with van der Waals surface area (Å²) in [6.07, 6.45) is 0. The van der Waals surface area contributed by atoms with E-state index in [-0.39, 0.29) is 11.4 Å². The summed E-state index contributed by atoms with van der Waals surface area (Å²) in [5.74, 6) is 0.0624. The fourth-order valence-corrected chi connectivity index (χ4v) is 3.21. The molecular formula is C15H16N2O5S. The van der Waals surface area contributed by atoms with Crippen LogP contribution in [-0.2, 0) is 15.8 Å². The molecule has 8 heteroatoms. The van der Waals surface area contributed by atoms with E-state index >= 15 is 0 Å². The molecule has 0 spiro atoms. The molecule has 0 saturated heterocycles. The van der Waals surface area contributed by atoms with Gasteiger partial charge < -0.3 is 4.74 Å². The second kappa shape index (κ2) is 7.10. The van der Waals surface area contributed by atoms with Crippen LogP contribution in [0.15, 0.2) is 48.5 Å². The van der Waals surface area contributed by atoms with E-state index in [4.69, 9.17) is 4.74 Å². The summed E-state index contributed by atoms with van der Waals surface area (Å²) in [6.45, 7) is 2.21. The van der Waals surface area contributed by atoms with Crippen molar-refractivity contribution in [3.05, 3.63) is 64.2 Å². The van der Waals surface area contributed by atoms with Gasteiger partial charge in [-0.05, 0) is 24.6 Å². The van der Waals surface area contributed by atoms with E-state index in [0.29, 0.717) is 23.6 Å². The smallest absolute Gasteiger partial charge is 0.269 e. The molecule has 1 N–H and O–H groups in total. The van der Waals surface area contributed by atoms with E-state index < -0.39 is 14.9 Å². The van der Waals surface area contributed by atoms with Crippen LogP contribution in [0.1, 0.15) is 12.5 Å². The number of sulfonamides is 1. The molecule has 2 aromatic carbocycles. The largest absolute Gasteiger partial charge is 0.492 e. The molecule has 0 aliphatic rings. The molecule has 0 aliphatic heterocycles. The van der Waals surface area contributed by atoms with Crippen LogP contribution in [0, 0.1) is 10.1 Å². The monoisotopic (exact) mass is 336 g/mol. The first-order chi connectivity index (χ1) is 10.9. The van der Waals surface area contributed by atoms with Crippen molar-refractivity contribution >= 4 is 21.4 Å². The number of benzene rings is 2. The van der Waals surface area contributed by atoms with E-state index in [1.807, 2.05) is 0 Å². The van der Waals surface area contributed by atoms with E-state index in [0.717, 1.165) is 0 Å². The molecule has 0 atom stereocenters. The lowest BCUT2D eigenvalue weighted by molar-refractivity contribution is -0.384. The highest BCUT2D eigenvalue weighted by atomic mass is 32.2. The van der Waals surface area contributed by atoms with Crippen molar-refractivity contribution in [1.82, 2.24) is 0 Å². The minimum absolute atomic E-state index is 0.146. The van der Waals surface area contributed by atoms with E-state index in [1.165, 1.54) is 24.3 Å². The number of hydrogen-bond acceptors (Lipinski definition) is 5. The lowest BCUT2D eigenvalue weighted by Gasteiger charge is -2.12. The molecule has 2 aromatic rings. The third-order valence-electron chi connectivity index (χ3n) is 2.93. The van der Waals surface area contributed by atoms with Gasteiger partial charge in [-0.1, -0.05) is 24.3 Å². The van der Waals surface area contributed by atoms with Crippen molar-refractivity contribution in [2.45, 2.75) is 12.7 Å². The van der Waals surface area contributed by atoms with Crippen molar-refractivity contribution in [3.63, 3.8) is 0 Å². The third-order valence-corrected chi connectivity index (χ3v) is 4.17. The maximum atomic E-state index is 12.3. The Kier molecular flexibility index (Phi) is 5.17. The van der Waals surface area contributed by atoms with Crippen LogP contribution in [0.25, 0.3) is 0 Å². The standard InChI is InChI=1S/C15H16N2O5S/c1-2-22-15-9-4-3-8-14(15)16-23(20,21)11-12-6-5-7-13(10-12)17(18)19/h3-10,16H,2,11H2,1H3. The Bertz CT molecular complexity index is 805. The highest BCUT2D eigenvalue weighted by Gasteiger charge is 2.16. The van der Waals surface area contributed by atoms with Gasteiger partial charge in [0.2, 0.25) is 10.0 Å². The maximum absolute atomic E-state index is 12.3. The maximum Gasteiger partial charge on any atom is 0.269 e. The number of anilines is 1. The first-order valence-electron chi connectivity index (χ1n) is 6.87. The molecule has 0 aromatic heterocycles. The summed E-state index contributed by atoms with van der Waals surface area (Å²) in [5, 5.41) is 10.8. The van der Waals surface area contributed by atoms with Crippen LogP contribution in [0.4, 0.5) is 11.4 Å². The molecule has 23 heavy (non-hydrogen) atoms. The van der Waals surface area contributed by atoms with Gasteiger partial charge in [0.1, 0.15) is 5.75 Å². The van der Waals surface area contributed by atoms with Crippen LogP contribution in [0.2, 0.25) is 0 Å². The zero-order chi connectivity index (χ0) is 16.9. The molecule has 122 valence electrons. The second-order valence-electron chi connectivity index (χ2n) is 4.72.